The second-order valence-corrected chi connectivity index (χ2v) is 8.48. The number of thioether (sulfide) groups is 1. The summed E-state index contributed by atoms with van der Waals surface area (Å²) in [5.74, 6) is 0.206. The molecule has 1 aliphatic rings. The van der Waals surface area contributed by atoms with Crippen molar-refractivity contribution < 1.29 is 9.18 Å². The van der Waals surface area contributed by atoms with E-state index in [0.29, 0.717) is 16.7 Å². The van der Waals surface area contributed by atoms with E-state index >= 15 is 0 Å². The molecule has 4 rings (SSSR count). The Balaban J connectivity index is 1.65. The monoisotopic (exact) mass is 461 g/mol. The van der Waals surface area contributed by atoms with E-state index in [1.807, 2.05) is 32.0 Å². The zero-order valence-corrected chi connectivity index (χ0v) is 17.5. The van der Waals surface area contributed by atoms with Crippen LogP contribution in [0.25, 0.3) is 0 Å². The van der Waals surface area contributed by atoms with Crippen molar-refractivity contribution in [3.05, 3.63) is 69.7 Å². The average Bonchev–Trinajstić information content (AvgIpc) is 3.04. The lowest BCUT2D eigenvalue weighted by atomic mass is 10.0. The summed E-state index contributed by atoms with van der Waals surface area (Å²) in [6.45, 7) is 3.79. The molecule has 2 heterocycles. The second-order valence-electron chi connectivity index (χ2n) is 6.52. The Morgan fingerprint density at radius 2 is 1.96 bits per heavy atom. The molecule has 0 saturated carbocycles. The number of amides is 1. The summed E-state index contributed by atoms with van der Waals surface area (Å²) in [4.78, 5) is 13.1. The van der Waals surface area contributed by atoms with Crippen LogP contribution >= 0.6 is 27.7 Å². The number of halogens is 2. The van der Waals surface area contributed by atoms with E-state index in [0.717, 1.165) is 15.6 Å². The Morgan fingerprint density at radius 3 is 2.68 bits per heavy atom. The fourth-order valence-electron chi connectivity index (χ4n) is 3.02. The van der Waals surface area contributed by atoms with Crippen LogP contribution in [0.5, 0.6) is 0 Å². The van der Waals surface area contributed by atoms with Crippen molar-refractivity contribution in [3.8, 4) is 0 Å². The summed E-state index contributed by atoms with van der Waals surface area (Å²) in [5.41, 5.74) is 5.84. The van der Waals surface area contributed by atoms with Gasteiger partial charge in [-0.3, -0.25) is 4.79 Å². The summed E-state index contributed by atoms with van der Waals surface area (Å²) < 4.78 is 16.1. The number of hydrogen-bond donors (Lipinski definition) is 2. The molecule has 2 aromatic carbocycles. The maximum atomic E-state index is 13.4. The van der Waals surface area contributed by atoms with Crippen molar-refractivity contribution in [1.82, 2.24) is 14.9 Å². The number of aromatic nitrogens is 3. The summed E-state index contributed by atoms with van der Waals surface area (Å²) in [7, 11) is 0. The maximum absolute atomic E-state index is 13.4. The topological polar surface area (TPSA) is 71.8 Å². The molecule has 28 heavy (non-hydrogen) atoms. The van der Waals surface area contributed by atoms with Crippen LogP contribution in [0.2, 0.25) is 0 Å². The molecule has 0 unspecified atom stereocenters. The molecule has 0 aliphatic carbocycles. The van der Waals surface area contributed by atoms with E-state index in [-0.39, 0.29) is 17.8 Å². The first-order chi connectivity index (χ1) is 13.4. The largest absolute Gasteiger partial charge is 0.325 e. The number of benzene rings is 2. The molecular weight excluding hydrogens is 445 g/mol. The predicted octanol–water partition coefficient (Wildman–Crippen LogP) is 4.19. The molecule has 0 spiro atoms. The molecular formula is C19H17BrFN5OS. The fourth-order valence-corrected chi connectivity index (χ4v) is 4.39. The van der Waals surface area contributed by atoms with Gasteiger partial charge in [-0.25, -0.2) is 9.07 Å². The van der Waals surface area contributed by atoms with E-state index < -0.39 is 5.25 Å². The van der Waals surface area contributed by atoms with Crippen LogP contribution in [0.15, 0.2) is 52.1 Å². The van der Waals surface area contributed by atoms with Gasteiger partial charge in [0.05, 0.1) is 6.04 Å². The number of rotatable bonds is 3. The van der Waals surface area contributed by atoms with Gasteiger partial charge in [-0.2, -0.15) is 0 Å². The van der Waals surface area contributed by atoms with E-state index in [2.05, 4.69) is 36.9 Å². The lowest BCUT2D eigenvalue weighted by Crippen LogP contribution is -2.41. The minimum Gasteiger partial charge on any atom is -0.325 e. The fraction of sp³-hybridized carbons (Fsp3) is 0.211. The molecule has 2 N–H and O–H groups in total. The number of nitrogens with one attached hydrogen (secondary N) is 2. The Kier molecular flexibility index (Phi) is 5.11. The van der Waals surface area contributed by atoms with Gasteiger partial charge in [-0.05, 0) is 55.3 Å². The highest BCUT2D eigenvalue weighted by Gasteiger charge is 2.37. The van der Waals surface area contributed by atoms with Crippen LogP contribution in [-0.2, 0) is 4.79 Å². The Labute approximate surface area is 174 Å². The first-order valence-corrected chi connectivity index (χ1v) is 10.3. The summed E-state index contributed by atoms with van der Waals surface area (Å²) in [5, 5.41) is 11.3. The summed E-state index contributed by atoms with van der Waals surface area (Å²) >= 11 is 4.79. The third-order valence-corrected chi connectivity index (χ3v) is 6.62. The van der Waals surface area contributed by atoms with Crippen LogP contribution in [0.1, 0.15) is 23.0 Å². The highest BCUT2D eigenvalue weighted by molar-refractivity contribution is 9.10. The quantitative estimate of drug-likeness (QED) is 0.611. The van der Waals surface area contributed by atoms with Crippen molar-refractivity contribution in [2.75, 3.05) is 10.7 Å². The first kappa shape index (κ1) is 18.9. The van der Waals surface area contributed by atoms with Gasteiger partial charge in [0, 0.05) is 10.2 Å². The lowest BCUT2D eigenvalue weighted by molar-refractivity contribution is -0.116. The van der Waals surface area contributed by atoms with Crippen LogP contribution in [-0.4, -0.2) is 26.0 Å². The minimum atomic E-state index is -0.509. The molecule has 0 fully saturated rings. The Morgan fingerprint density at radius 1 is 1.21 bits per heavy atom. The van der Waals surface area contributed by atoms with Gasteiger partial charge in [0.1, 0.15) is 16.9 Å². The van der Waals surface area contributed by atoms with Crippen molar-refractivity contribution in [1.29, 1.82) is 0 Å². The van der Waals surface area contributed by atoms with Gasteiger partial charge in [0.15, 0.2) is 0 Å². The number of carbonyl (C=O) groups excluding carboxylic acids is 1. The SMILES string of the molecule is Cc1cc(NC(=O)[C@@H]2Sc3nnc(C)n3N[C@@H]2c2ccc(F)cc2)ccc1Br. The standard InChI is InChI=1S/C19H17BrFN5OS/c1-10-9-14(7-8-15(10)20)22-18(27)17-16(12-3-5-13(21)6-4-12)25-26-11(2)23-24-19(26)28-17/h3-9,16-17,25H,1-2H3,(H,22,27)/t16-,17-/m1/s1. The molecule has 0 bridgehead atoms. The number of aryl methyl sites for hydroxylation is 2. The average molecular weight is 462 g/mol. The van der Waals surface area contributed by atoms with Crippen molar-refractivity contribution in [3.63, 3.8) is 0 Å². The smallest absolute Gasteiger partial charge is 0.240 e. The zero-order valence-electron chi connectivity index (χ0n) is 15.1. The van der Waals surface area contributed by atoms with Gasteiger partial charge in [0.2, 0.25) is 11.1 Å². The molecule has 144 valence electrons. The van der Waals surface area contributed by atoms with Crippen molar-refractivity contribution >= 4 is 39.3 Å². The maximum Gasteiger partial charge on any atom is 0.240 e. The summed E-state index contributed by atoms with van der Waals surface area (Å²) in [6.07, 6.45) is 0. The molecule has 1 aromatic heterocycles. The van der Waals surface area contributed by atoms with E-state index in [9.17, 15) is 9.18 Å². The van der Waals surface area contributed by atoms with E-state index in [4.69, 9.17) is 0 Å². The Bertz CT molecular complexity index is 1040. The summed E-state index contributed by atoms with van der Waals surface area (Å²) in [6, 6.07) is 11.4. The Hall–Kier alpha value is -2.39. The van der Waals surface area contributed by atoms with Crippen LogP contribution in [0.3, 0.4) is 0 Å². The molecule has 1 aliphatic heterocycles. The number of anilines is 1. The first-order valence-electron chi connectivity index (χ1n) is 8.60. The molecule has 9 heteroatoms. The molecule has 0 radical (unpaired) electrons. The second kappa shape index (κ2) is 7.56. The van der Waals surface area contributed by atoms with E-state index in [1.165, 1.54) is 23.9 Å². The number of fused-ring (bicyclic) bond motifs is 1. The third-order valence-electron chi connectivity index (χ3n) is 4.51. The van der Waals surface area contributed by atoms with E-state index in [1.54, 1.807) is 16.8 Å². The molecule has 2 atom stereocenters. The minimum absolute atomic E-state index is 0.166. The van der Waals surface area contributed by atoms with Gasteiger partial charge < -0.3 is 10.7 Å². The van der Waals surface area contributed by atoms with Gasteiger partial charge >= 0.3 is 0 Å². The predicted molar refractivity (Wildman–Crippen MR) is 110 cm³/mol. The molecule has 3 aromatic rings. The van der Waals surface area contributed by atoms with Gasteiger partial charge in [-0.15, -0.1) is 10.2 Å². The highest BCUT2D eigenvalue weighted by atomic mass is 79.9. The number of nitrogens with zero attached hydrogens (tertiary/aromatic N) is 3. The highest BCUT2D eigenvalue weighted by Crippen LogP contribution is 2.37. The van der Waals surface area contributed by atoms with Crippen LogP contribution in [0, 0.1) is 19.7 Å². The molecule has 0 saturated heterocycles. The zero-order chi connectivity index (χ0) is 19.8. The van der Waals surface area contributed by atoms with Crippen LogP contribution < -0.4 is 10.7 Å². The number of carbonyl (C=O) groups is 1. The number of hydrogen-bond acceptors (Lipinski definition) is 5. The van der Waals surface area contributed by atoms with Crippen molar-refractivity contribution in [2.24, 2.45) is 0 Å². The molecule has 6 nitrogen and oxygen atoms in total. The lowest BCUT2D eigenvalue weighted by Gasteiger charge is -2.32. The normalized spacial score (nSPS) is 18.3. The van der Waals surface area contributed by atoms with Gasteiger partial charge in [-0.1, -0.05) is 39.8 Å². The third kappa shape index (κ3) is 3.64. The van der Waals surface area contributed by atoms with Crippen molar-refractivity contribution in [2.45, 2.75) is 30.3 Å². The van der Waals surface area contributed by atoms with Gasteiger partial charge in [0.25, 0.3) is 0 Å². The molecule has 1 amide bonds. The van der Waals surface area contributed by atoms with Crippen LogP contribution in [0.4, 0.5) is 10.1 Å².